The highest BCUT2D eigenvalue weighted by Gasteiger charge is 2.44. The van der Waals surface area contributed by atoms with Crippen LogP contribution in [0.15, 0.2) is 18.2 Å². The molecule has 0 heterocycles. The standard InChI is InChI=1S/C15H13N3O/c1-19-13-5-4-11-3-2-6-15(10-18,14(11)7-13)12(8-16)9-17/h4-5,7,12H,2-3,6H2,1H3/t15-/m0/s1. The third-order valence-corrected chi connectivity index (χ3v) is 3.77. The minimum atomic E-state index is -1.04. The summed E-state index contributed by atoms with van der Waals surface area (Å²) in [4.78, 5) is 0. The Balaban J connectivity index is 2.66. The van der Waals surface area contributed by atoms with E-state index in [9.17, 15) is 15.8 Å². The van der Waals surface area contributed by atoms with E-state index < -0.39 is 11.3 Å². The molecule has 94 valence electrons. The lowest BCUT2D eigenvalue weighted by atomic mass is 9.64. The predicted octanol–water partition coefficient (Wildman–Crippen LogP) is 2.46. The molecule has 19 heavy (non-hydrogen) atoms. The quantitative estimate of drug-likeness (QED) is 0.808. The third kappa shape index (κ3) is 1.90. The van der Waals surface area contributed by atoms with E-state index >= 15 is 0 Å². The Morgan fingerprint density at radius 1 is 1.26 bits per heavy atom. The molecule has 0 aliphatic heterocycles. The molecular formula is C15H13N3O. The van der Waals surface area contributed by atoms with Crippen molar-refractivity contribution in [2.24, 2.45) is 5.92 Å². The van der Waals surface area contributed by atoms with Gasteiger partial charge in [-0.05, 0) is 42.5 Å². The van der Waals surface area contributed by atoms with Gasteiger partial charge in [-0.2, -0.15) is 15.8 Å². The number of hydrogen-bond donors (Lipinski definition) is 0. The molecule has 0 fully saturated rings. The van der Waals surface area contributed by atoms with E-state index in [0.29, 0.717) is 12.2 Å². The molecule has 1 aliphatic carbocycles. The average Bonchev–Trinajstić information content (AvgIpc) is 2.48. The van der Waals surface area contributed by atoms with Crippen molar-refractivity contribution in [3.8, 4) is 24.0 Å². The van der Waals surface area contributed by atoms with Crippen molar-refractivity contribution in [1.82, 2.24) is 0 Å². The number of fused-ring (bicyclic) bond motifs is 1. The lowest BCUT2D eigenvalue weighted by molar-refractivity contribution is 0.392. The van der Waals surface area contributed by atoms with Gasteiger partial charge in [0.05, 0.1) is 25.3 Å². The maximum Gasteiger partial charge on any atom is 0.155 e. The van der Waals surface area contributed by atoms with E-state index in [1.165, 1.54) is 0 Å². The van der Waals surface area contributed by atoms with Crippen LogP contribution in [-0.2, 0) is 11.8 Å². The van der Waals surface area contributed by atoms with E-state index in [0.717, 1.165) is 24.0 Å². The highest BCUT2D eigenvalue weighted by molar-refractivity contribution is 5.48. The van der Waals surface area contributed by atoms with Crippen LogP contribution < -0.4 is 4.74 Å². The van der Waals surface area contributed by atoms with Crippen LogP contribution in [0.2, 0.25) is 0 Å². The number of aryl methyl sites for hydroxylation is 1. The molecule has 0 saturated heterocycles. The van der Waals surface area contributed by atoms with Crippen LogP contribution in [0.4, 0.5) is 0 Å². The number of nitriles is 3. The van der Waals surface area contributed by atoms with Crippen LogP contribution in [0.25, 0.3) is 0 Å². The van der Waals surface area contributed by atoms with Crippen LogP contribution in [0, 0.1) is 39.9 Å². The number of hydrogen-bond acceptors (Lipinski definition) is 4. The fourth-order valence-corrected chi connectivity index (χ4v) is 2.74. The van der Waals surface area contributed by atoms with Gasteiger partial charge in [0.15, 0.2) is 5.92 Å². The number of benzene rings is 1. The number of rotatable bonds is 2. The molecule has 0 amide bonds. The van der Waals surface area contributed by atoms with Gasteiger partial charge in [-0.15, -0.1) is 0 Å². The molecule has 1 aromatic rings. The zero-order chi connectivity index (χ0) is 13.9. The maximum absolute atomic E-state index is 9.59. The zero-order valence-electron chi connectivity index (χ0n) is 10.7. The van der Waals surface area contributed by atoms with Crippen molar-refractivity contribution in [3.63, 3.8) is 0 Å². The summed E-state index contributed by atoms with van der Waals surface area (Å²) >= 11 is 0. The molecule has 0 radical (unpaired) electrons. The van der Waals surface area contributed by atoms with Gasteiger partial charge in [-0.25, -0.2) is 0 Å². The van der Waals surface area contributed by atoms with Crippen LogP contribution in [0.1, 0.15) is 24.0 Å². The lowest BCUT2D eigenvalue weighted by Crippen LogP contribution is -2.36. The molecular weight excluding hydrogens is 238 g/mol. The first-order valence-corrected chi connectivity index (χ1v) is 6.09. The molecule has 4 nitrogen and oxygen atoms in total. The largest absolute Gasteiger partial charge is 0.497 e. The first-order chi connectivity index (χ1) is 9.21. The molecule has 0 aromatic heterocycles. The SMILES string of the molecule is COc1ccc2c(c1)[C@@](C#N)(C(C#N)C#N)CCC2. The Kier molecular flexibility index (Phi) is 3.41. The molecule has 2 rings (SSSR count). The highest BCUT2D eigenvalue weighted by atomic mass is 16.5. The van der Waals surface area contributed by atoms with Gasteiger partial charge in [-0.1, -0.05) is 6.07 Å². The number of methoxy groups -OCH3 is 1. The van der Waals surface area contributed by atoms with Gasteiger partial charge >= 0.3 is 0 Å². The highest BCUT2D eigenvalue weighted by Crippen LogP contribution is 2.43. The van der Waals surface area contributed by atoms with Crippen LogP contribution in [0.3, 0.4) is 0 Å². The molecule has 4 heteroatoms. The summed E-state index contributed by atoms with van der Waals surface area (Å²) in [5.41, 5.74) is 0.767. The van der Waals surface area contributed by atoms with E-state index in [-0.39, 0.29) is 0 Å². The first kappa shape index (κ1) is 12.9. The van der Waals surface area contributed by atoms with Gasteiger partial charge in [0, 0.05) is 0 Å². The summed E-state index contributed by atoms with van der Waals surface area (Å²) in [6.45, 7) is 0. The second-order valence-electron chi connectivity index (χ2n) is 4.65. The van der Waals surface area contributed by atoms with Gasteiger partial charge in [0.25, 0.3) is 0 Å². The van der Waals surface area contributed by atoms with Crippen molar-refractivity contribution in [3.05, 3.63) is 29.3 Å². The fraction of sp³-hybridized carbons (Fsp3) is 0.400. The maximum atomic E-state index is 9.59. The van der Waals surface area contributed by atoms with Gasteiger partial charge < -0.3 is 4.74 Å². The van der Waals surface area contributed by atoms with E-state index in [1.807, 2.05) is 24.3 Å². The van der Waals surface area contributed by atoms with E-state index in [4.69, 9.17) is 4.74 Å². The molecule has 1 atom stereocenters. The molecule has 0 unspecified atom stereocenters. The molecule has 1 aromatic carbocycles. The second kappa shape index (κ2) is 5.01. The fourth-order valence-electron chi connectivity index (χ4n) is 2.74. The Bertz CT molecular complexity index is 604. The summed E-state index contributed by atoms with van der Waals surface area (Å²) in [5.74, 6) is -0.307. The first-order valence-electron chi connectivity index (χ1n) is 6.09. The van der Waals surface area contributed by atoms with Crippen LogP contribution in [-0.4, -0.2) is 7.11 Å². The summed E-state index contributed by atoms with van der Waals surface area (Å²) in [5, 5.41) is 27.9. The topological polar surface area (TPSA) is 80.6 Å². The molecule has 0 spiro atoms. The van der Waals surface area contributed by atoms with Gasteiger partial charge in [0.1, 0.15) is 11.2 Å². The zero-order valence-corrected chi connectivity index (χ0v) is 10.7. The normalized spacial score (nSPS) is 20.8. The van der Waals surface area contributed by atoms with E-state index in [2.05, 4.69) is 6.07 Å². The minimum Gasteiger partial charge on any atom is -0.497 e. The van der Waals surface area contributed by atoms with Crippen molar-refractivity contribution in [2.75, 3.05) is 7.11 Å². The lowest BCUT2D eigenvalue weighted by Gasteiger charge is -2.34. The number of ether oxygens (including phenoxy) is 1. The van der Waals surface area contributed by atoms with Crippen molar-refractivity contribution >= 4 is 0 Å². The minimum absolute atomic E-state index is 0.537. The molecule has 0 N–H and O–H groups in total. The summed E-state index contributed by atoms with van der Waals surface area (Å²) in [6, 6.07) is 11.7. The second-order valence-corrected chi connectivity index (χ2v) is 4.65. The summed E-state index contributed by atoms with van der Waals surface area (Å²) < 4.78 is 5.19. The van der Waals surface area contributed by atoms with Crippen molar-refractivity contribution in [2.45, 2.75) is 24.7 Å². The van der Waals surface area contributed by atoms with Gasteiger partial charge in [0.2, 0.25) is 0 Å². The van der Waals surface area contributed by atoms with Crippen molar-refractivity contribution in [1.29, 1.82) is 15.8 Å². The van der Waals surface area contributed by atoms with E-state index in [1.54, 1.807) is 13.2 Å². The third-order valence-electron chi connectivity index (χ3n) is 3.77. The summed E-state index contributed by atoms with van der Waals surface area (Å²) in [6.07, 6.45) is 2.22. The van der Waals surface area contributed by atoms with Crippen LogP contribution >= 0.6 is 0 Å². The van der Waals surface area contributed by atoms with Crippen molar-refractivity contribution < 1.29 is 4.74 Å². The molecule has 0 saturated carbocycles. The van der Waals surface area contributed by atoms with Gasteiger partial charge in [-0.3, -0.25) is 0 Å². The Morgan fingerprint density at radius 3 is 2.58 bits per heavy atom. The number of nitrogens with zero attached hydrogens (tertiary/aromatic N) is 3. The summed E-state index contributed by atoms with van der Waals surface area (Å²) in [7, 11) is 1.56. The van der Waals surface area contributed by atoms with Crippen LogP contribution in [0.5, 0.6) is 5.75 Å². The molecule has 0 bridgehead atoms. The smallest absolute Gasteiger partial charge is 0.155 e. The Hall–Kier alpha value is -2.51. The predicted molar refractivity (Wildman–Crippen MR) is 67.9 cm³/mol. The Morgan fingerprint density at radius 2 is 2.00 bits per heavy atom. The monoisotopic (exact) mass is 251 g/mol. The Labute approximate surface area is 112 Å². The average molecular weight is 251 g/mol. The molecule has 1 aliphatic rings.